The van der Waals surface area contributed by atoms with Crippen LogP contribution in [0.3, 0.4) is 0 Å². The van der Waals surface area contributed by atoms with Crippen LogP contribution in [0, 0.1) is 28.6 Å². The van der Waals surface area contributed by atoms with Crippen LogP contribution in [-0.4, -0.2) is 9.78 Å². The van der Waals surface area contributed by atoms with Crippen molar-refractivity contribution in [2.24, 2.45) is 5.92 Å². The van der Waals surface area contributed by atoms with Crippen LogP contribution >= 0.6 is 0 Å². The van der Waals surface area contributed by atoms with E-state index in [4.69, 9.17) is 10.5 Å². The lowest BCUT2D eigenvalue weighted by molar-refractivity contribution is 0.403. The molecule has 1 aromatic heterocycles. The fourth-order valence-corrected chi connectivity index (χ4v) is 1.69. The van der Waals surface area contributed by atoms with Gasteiger partial charge in [0.2, 0.25) is 0 Å². The molecule has 0 saturated carbocycles. The molecule has 1 rings (SSSR count). The maximum absolute atomic E-state index is 9.00. The standard InChI is InChI=1S/C14H18N4/c1-5-6-12(11(9-15)10-16)18-8-7-13(17-18)14(2,3)4/h5,7-8,11-12H,1,6H2,2-4H3. The minimum absolute atomic E-state index is 0.0429. The Morgan fingerprint density at radius 3 is 2.44 bits per heavy atom. The highest BCUT2D eigenvalue weighted by molar-refractivity contribution is 5.13. The fraction of sp³-hybridized carbons (Fsp3) is 0.500. The van der Waals surface area contributed by atoms with Crippen molar-refractivity contribution in [3.05, 3.63) is 30.6 Å². The van der Waals surface area contributed by atoms with E-state index >= 15 is 0 Å². The Morgan fingerprint density at radius 2 is 2.06 bits per heavy atom. The van der Waals surface area contributed by atoms with Gasteiger partial charge < -0.3 is 0 Å². The lowest BCUT2D eigenvalue weighted by Crippen LogP contribution is -2.19. The number of nitriles is 2. The van der Waals surface area contributed by atoms with Crippen molar-refractivity contribution >= 4 is 0 Å². The molecule has 18 heavy (non-hydrogen) atoms. The molecule has 94 valence electrons. The zero-order valence-electron chi connectivity index (χ0n) is 11.1. The molecule has 4 heteroatoms. The van der Waals surface area contributed by atoms with Crippen LogP contribution in [0.5, 0.6) is 0 Å². The lowest BCUT2D eigenvalue weighted by Gasteiger charge is -2.18. The highest BCUT2D eigenvalue weighted by Gasteiger charge is 2.24. The van der Waals surface area contributed by atoms with Crippen LogP contribution in [0.25, 0.3) is 0 Å². The summed E-state index contributed by atoms with van der Waals surface area (Å²) in [6.45, 7) is 9.91. The number of hydrogen-bond acceptors (Lipinski definition) is 3. The van der Waals surface area contributed by atoms with Gasteiger partial charge in [-0.2, -0.15) is 15.6 Å². The van der Waals surface area contributed by atoms with Gasteiger partial charge in [-0.25, -0.2) is 0 Å². The largest absolute Gasteiger partial charge is 0.267 e. The van der Waals surface area contributed by atoms with E-state index in [0.29, 0.717) is 6.42 Å². The SMILES string of the molecule is C=CCC(C(C#N)C#N)n1ccc(C(C)(C)C)n1. The van der Waals surface area contributed by atoms with E-state index < -0.39 is 5.92 Å². The third-order valence-corrected chi connectivity index (χ3v) is 2.79. The molecule has 1 aromatic rings. The van der Waals surface area contributed by atoms with Crippen LogP contribution in [0.2, 0.25) is 0 Å². The Morgan fingerprint density at radius 1 is 1.44 bits per heavy atom. The number of allylic oxidation sites excluding steroid dienone is 1. The second-order valence-electron chi connectivity index (χ2n) is 5.26. The molecule has 0 N–H and O–H groups in total. The van der Waals surface area contributed by atoms with Crippen molar-refractivity contribution in [1.82, 2.24) is 9.78 Å². The zero-order valence-corrected chi connectivity index (χ0v) is 11.1. The van der Waals surface area contributed by atoms with Gasteiger partial charge in [-0.1, -0.05) is 26.8 Å². The summed E-state index contributed by atoms with van der Waals surface area (Å²) in [4.78, 5) is 0. The van der Waals surface area contributed by atoms with Crippen LogP contribution in [0.1, 0.15) is 38.9 Å². The van der Waals surface area contributed by atoms with Gasteiger partial charge in [0.25, 0.3) is 0 Å². The summed E-state index contributed by atoms with van der Waals surface area (Å²) in [5.41, 5.74) is 0.907. The Balaban J connectivity index is 3.09. The summed E-state index contributed by atoms with van der Waals surface area (Å²) in [5.74, 6) is -0.712. The van der Waals surface area contributed by atoms with Crippen molar-refractivity contribution in [2.45, 2.75) is 38.6 Å². The first-order valence-electron chi connectivity index (χ1n) is 5.89. The van der Waals surface area contributed by atoms with Crippen LogP contribution in [0.4, 0.5) is 0 Å². The van der Waals surface area contributed by atoms with Crippen molar-refractivity contribution in [3.8, 4) is 12.1 Å². The highest BCUT2D eigenvalue weighted by atomic mass is 15.3. The molecule has 4 nitrogen and oxygen atoms in total. The molecule has 1 heterocycles. The first-order valence-corrected chi connectivity index (χ1v) is 5.89. The van der Waals surface area contributed by atoms with Crippen molar-refractivity contribution in [3.63, 3.8) is 0 Å². The molecule has 0 spiro atoms. The smallest absolute Gasteiger partial charge is 0.155 e. The maximum atomic E-state index is 9.00. The number of rotatable bonds is 4. The van der Waals surface area contributed by atoms with Crippen molar-refractivity contribution in [1.29, 1.82) is 10.5 Å². The Kier molecular flexibility index (Phi) is 4.28. The maximum Gasteiger partial charge on any atom is 0.155 e. The van der Waals surface area contributed by atoms with E-state index in [1.165, 1.54) is 0 Å². The number of aromatic nitrogens is 2. The Labute approximate surface area is 108 Å². The molecule has 0 aliphatic carbocycles. The Hall–Kier alpha value is -2.07. The van der Waals surface area contributed by atoms with Gasteiger partial charge in [0.15, 0.2) is 5.92 Å². The second kappa shape index (κ2) is 5.51. The topological polar surface area (TPSA) is 65.4 Å². The summed E-state index contributed by atoms with van der Waals surface area (Å²) in [6, 6.07) is 5.69. The molecule has 0 bridgehead atoms. The van der Waals surface area contributed by atoms with E-state index in [0.717, 1.165) is 5.69 Å². The summed E-state index contributed by atoms with van der Waals surface area (Å²) < 4.78 is 1.71. The van der Waals surface area contributed by atoms with Crippen molar-refractivity contribution in [2.75, 3.05) is 0 Å². The molecule has 0 saturated heterocycles. The average Bonchev–Trinajstić information content (AvgIpc) is 2.78. The van der Waals surface area contributed by atoms with E-state index in [-0.39, 0.29) is 11.5 Å². The van der Waals surface area contributed by atoms with Gasteiger partial charge in [0.1, 0.15) is 0 Å². The molecule has 1 atom stereocenters. The monoisotopic (exact) mass is 242 g/mol. The van der Waals surface area contributed by atoms with Crippen LogP contribution in [-0.2, 0) is 5.41 Å². The van der Waals surface area contributed by atoms with E-state index in [2.05, 4.69) is 32.4 Å². The summed E-state index contributed by atoms with van der Waals surface area (Å²) in [5, 5.41) is 22.5. The first-order chi connectivity index (χ1) is 8.43. The van der Waals surface area contributed by atoms with E-state index in [1.54, 1.807) is 10.8 Å². The predicted molar refractivity (Wildman–Crippen MR) is 69.5 cm³/mol. The molecule has 0 radical (unpaired) electrons. The number of nitrogens with zero attached hydrogens (tertiary/aromatic N) is 4. The van der Waals surface area contributed by atoms with Gasteiger partial charge in [0, 0.05) is 11.6 Å². The molecule has 1 unspecified atom stereocenters. The third kappa shape index (κ3) is 2.99. The fourth-order valence-electron chi connectivity index (χ4n) is 1.69. The van der Waals surface area contributed by atoms with Gasteiger partial charge in [-0.05, 0) is 12.5 Å². The van der Waals surface area contributed by atoms with Crippen LogP contribution in [0.15, 0.2) is 24.9 Å². The lowest BCUT2D eigenvalue weighted by atomic mass is 9.93. The zero-order chi connectivity index (χ0) is 13.8. The summed E-state index contributed by atoms with van der Waals surface area (Å²) in [6.07, 6.45) is 4.10. The minimum Gasteiger partial charge on any atom is -0.267 e. The van der Waals surface area contributed by atoms with Gasteiger partial charge in [-0.3, -0.25) is 4.68 Å². The third-order valence-electron chi connectivity index (χ3n) is 2.79. The molecule has 0 amide bonds. The molecular weight excluding hydrogens is 224 g/mol. The summed E-state index contributed by atoms with van der Waals surface area (Å²) in [7, 11) is 0. The van der Waals surface area contributed by atoms with Crippen molar-refractivity contribution < 1.29 is 0 Å². The van der Waals surface area contributed by atoms with Crippen LogP contribution < -0.4 is 0 Å². The predicted octanol–water partition coefficient (Wildman–Crippen LogP) is 2.96. The first kappa shape index (κ1) is 14.0. The number of hydrogen-bond donors (Lipinski definition) is 0. The molecular formula is C14H18N4. The van der Waals surface area contributed by atoms with Gasteiger partial charge in [-0.15, -0.1) is 6.58 Å². The minimum atomic E-state index is -0.712. The summed E-state index contributed by atoms with van der Waals surface area (Å²) >= 11 is 0. The van der Waals surface area contributed by atoms with E-state index in [9.17, 15) is 0 Å². The molecule has 0 aliphatic heterocycles. The average molecular weight is 242 g/mol. The molecule has 0 aliphatic rings. The normalized spacial score (nSPS) is 12.8. The molecule has 0 aromatic carbocycles. The quantitative estimate of drug-likeness (QED) is 0.762. The van der Waals surface area contributed by atoms with Gasteiger partial charge >= 0.3 is 0 Å². The Bertz CT molecular complexity index is 479. The molecule has 0 fully saturated rings. The second-order valence-corrected chi connectivity index (χ2v) is 5.26. The van der Waals surface area contributed by atoms with E-state index in [1.807, 2.05) is 24.4 Å². The highest BCUT2D eigenvalue weighted by Crippen LogP contribution is 2.25. The van der Waals surface area contributed by atoms with Gasteiger partial charge in [0.05, 0.1) is 23.9 Å².